The van der Waals surface area contributed by atoms with Gasteiger partial charge in [-0.25, -0.2) is 15.0 Å². The zero-order valence-corrected chi connectivity index (χ0v) is 19.3. The number of aromatic nitrogens is 4. The summed E-state index contributed by atoms with van der Waals surface area (Å²) in [4.78, 5) is 36.3. The lowest BCUT2D eigenvalue weighted by Gasteiger charge is -2.34. The first-order chi connectivity index (χ1) is 15.6. The minimum atomic E-state index is -0.0998. The van der Waals surface area contributed by atoms with Crippen LogP contribution in [0.2, 0.25) is 0 Å². The van der Waals surface area contributed by atoms with Crippen LogP contribution < -0.4 is 15.0 Å². The number of amides is 1. The first-order valence-electron chi connectivity index (χ1n) is 10.5. The average Bonchev–Trinajstić information content (AvgIpc) is 3.16. The number of rotatable bonds is 8. The fraction of sp³-hybridized carbons (Fsp3) is 0.476. The summed E-state index contributed by atoms with van der Waals surface area (Å²) in [5.41, 5.74) is 0.833. The van der Waals surface area contributed by atoms with Crippen LogP contribution in [-0.4, -0.2) is 84.2 Å². The molecule has 10 nitrogen and oxygen atoms in total. The summed E-state index contributed by atoms with van der Waals surface area (Å²) in [6, 6.07) is 1.82. The molecule has 170 valence electrons. The van der Waals surface area contributed by atoms with Gasteiger partial charge in [0.15, 0.2) is 5.82 Å². The summed E-state index contributed by atoms with van der Waals surface area (Å²) in [7, 11) is 3.16. The van der Waals surface area contributed by atoms with E-state index < -0.39 is 0 Å². The predicted octanol–water partition coefficient (Wildman–Crippen LogP) is 1.50. The molecule has 0 atom stereocenters. The van der Waals surface area contributed by atoms with E-state index in [2.05, 4.69) is 35.1 Å². The Labute approximate surface area is 190 Å². The molecule has 1 aliphatic rings. The smallest absolute Gasteiger partial charge is 0.261 e. The molecule has 32 heavy (non-hydrogen) atoms. The summed E-state index contributed by atoms with van der Waals surface area (Å²) < 4.78 is 10.6. The first kappa shape index (κ1) is 22.3. The number of carbonyl (C=O) groups is 1. The maximum atomic E-state index is 12.9. The highest BCUT2D eigenvalue weighted by Crippen LogP contribution is 2.35. The van der Waals surface area contributed by atoms with Gasteiger partial charge in [0.25, 0.3) is 5.91 Å². The maximum Gasteiger partial charge on any atom is 0.261 e. The molecule has 3 aromatic heterocycles. The highest BCUT2D eigenvalue weighted by atomic mass is 32.1. The molecule has 0 unspecified atom stereocenters. The van der Waals surface area contributed by atoms with E-state index in [0.29, 0.717) is 23.1 Å². The van der Waals surface area contributed by atoms with Gasteiger partial charge in [-0.1, -0.05) is 0 Å². The Morgan fingerprint density at radius 2 is 1.91 bits per heavy atom. The lowest BCUT2D eigenvalue weighted by Crippen LogP contribution is -2.49. The normalized spacial score (nSPS) is 14.7. The van der Waals surface area contributed by atoms with Crippen molar-refractivity contribution in [3.8, 4) is 5.88 Å². The van der Waals surface area contributed by atoms with E-state index in [0.717, 1.165) is 54.5 Å². The number of carbonyl (C=O) groups excluding carboxylic acids is 1. The molecule has 0 radical (unpaired) electrons. The summed E-state index contributed by atoms with van der Waals surface area (Å²) in [6.45, 7) is 7.11. The van der Waals surface area contributed by atoms with Gasteiger partial charge in [0.1, 0.15) is 11.4 Å². The molecular weight excluding hydrogens is 430 g/mol. The van der Waals surface area contributed by atoms with Crippen LogP contribution in [0.4, 0.5) is 5.95 Å². The number of methoxy groups -OCH3 is 2. The number of anilines is 1. The second-order valence-corrected chi connectivity index (χ2v) is 8.45. The van der Waals surface area contributed by atoms with Crippen molar-refractivity contribution in [1.29, 1.82) is 0 Å². The van der Waals surface area contributed by atoms with Gasteiger partial charge in [0, 0.05) is 58.8 Å². The van der Waals surface area contributed by atoms with E-state index in [-0.39, 0.29) is 12.5 Å². The Kier molecular flexibility index (Phi) is 7.08. The van der Waals surface area contributed by atoms with Gasteiger partial charge in [-0.3, -0.25) is 9.69 Å². The van der Waals surface area contributed by atoms with Gasteiger partial charge in [0.2, 0.25) is 11.8 Å². The monoisotopic (exact) mass is 457 g/mol. The Morgan fingerprint density at radius 1 is 1.16 bits per heavy atom. The van der Waals surface area contributed by atoms with Crippen molar-refractivity contribution < 1.29 is 14.3 Å². The van der Waals surface area contributed by atoms with E-state index in [9.17, 15) is 4.79 Å². The molecule has 11 heteroatoms. The number of thiophene rings is 1. The fourth-order valence-electron chi connectivity index (χ4n) is 3.74. The van der Waals surface area contributed by atoms with E-state index >= 15 is 0 Å². The Hall–Kier alpha value is -2.89. The molecule has 1 fully saturated rings. The second-order valence-electron chi connectivity index (χ2n) is 7.45. The number of nitrogens with zero attached hydrogens (tertiary/aromatic N) is 6. The molecule has 4 rings (SSSR count). The lowest BCUT2D eigenvalue weighted by molar-refractivity contribution is 0.0951. The first-order valence-corrected chi connectivity index (χ1v) is 11.3. The predicted molar refractivity (Wildman–Crippen MR) is 122 cm³/mol. The molecule has 0 saturated carbocycles. The Bertz CT molecular complexity index is 1070. The molecule has 0 spiro atoms. The van der Waals surface area contributed by atoms with Gasteiger partial charge in [-0.2, -0.15) is 4.98 Å². The van der Waals surface area contributed by atoms with Crippen molar-refractivity contribution >= 4 is 33.4 Å². The standard InChI is InChI=1S/C21H27N7O3S/c1-14-16-19(31-3)25-15(13-30-2)26-20(16)32-17(14)18(29)22-7-8-27-9-11-28(12-10-27)21-23-5-4-6-24-21/h4-6H,7-13H2,1-3H3,(H,22,29). The van der Waals surface area contributed by atoms with E-state index in [1.54, 1.807) is 26.6 Å². The van der Waals surface area contributed by atoms with Crippen molar-refractivity contribution in [2.75, 3.05) is 58.4 Å². The van der Waals surface area contributed by atoms with Crippen molar-refractivity contribution in [3.05, 3.63) is 34.7 Å². The second kappa shape index (κ2) is 10.2. The number of hydrogen-bond donors (Lipinski definition) is 1. The number of hydrogen-bond acceptors (Lipinski definition) is 10. The zero-order valence-electron chi connectivity index (χ0n) is 18.5. The lowest BCUT2D eigenvalue weighted by atomic mass is 10.2. The topological polar surface area (TPSA) is 106 Å². The van der Waals surface area contributed by atoms with Crippen molar-refractivity contribution in [3.63, 3.8) is 0 Å². The highest BCUT2D eigenvalue weighted by molar-refractivity contribution is 7.20. The molecule has 3 aromatic rings. The molecule has 0 aliphatic carbocycles. The number of nitrogens with one attached hydrogen (secondary N) is 1. The minimum absolute atomic E-state index is 0.0998. The molecular formula is C21H27N7O3S. The van der Waals surface area contributed by atoms with Gasteiger partial charge in [0.05, 0.1) is 17.4 Å². The van der Waals surface area contributed by atoms with Crippen LogP contribution in [0.3, 0.4) is 0 Å². The fourth-order valence-corrected chi connectivity index (χ4v) is 4.84. The number of fused-ring (bicyclic) bond motifs is 1. The molecule has 0 bridgehead atoms. The summed E-state index contributed by atoms with van der Waals surface area (Å²) in [5, 5.41) is 3.83. The SMILES string of the molecule is COCc1nc(OC)c2c(C)c(C(=O)NCCN3CCN(c4ncccn4)CC3)sc2n1. The van der Waals surface area contributed by atoms with Gasteiger partial charge >= 0.3 is 0 Å². The summed E-state index contributed by atoms with van der Waals surface area (Å²) in [5.74, 6) is 1.67. The van der Waals surface area contributed by atoms with Gasteiger partial charge in [-0.15, -0.1) is 11.3 Å². The maximum absolute atomic E-state index is 12.9. The number of ether oxygens (including phenoxy) is 2. The summed E-state index contributed by atoms with van der Waals surface area (Å²) >= 11 is 1.35. The third-order valence-electron chi connectivity index (χ3n) is 5.40. The van der Waals surface area contributed by atoms with Crippen LogP contribution in [-0.2, 0) is 11.3 Å². The molecule has 0 aromatic carbocycles. The molecule has 4 heterocycles. The van der Waals surface area contributed by atoms with E-state index in [1.165, 1.54) is 11.3 Å². The van der Waals surface area contributed by atoms with Crippen molar-refractivity contribution in [2.24, 2.45) is 0 Å². The summed E-state index contributed by atoms with van der Waals surface area (Å²) in [6.07, 6.45) is 3.53. The molecule has 1 amide bonds. The molecule has 1 N–H and O–H groups in total. The molecule has 1 saturated heterocycles. The third-order valence-corrected chi connectivity index (χ3v) is 6.58. The minimum Gasteiger partial charge on any atom is -0.480 e. The van der Waals surface area contributed by atoms with Crippen LogP contribution in [0.1, 0.15) is 21.1 Å². The number of piperazine rings is 1. The van der Waals surface area contributed by atoms with E-state index in [4.69, 9.17) is 9.47 Å². The van der Waals surface area contributed by atoms with Crippen LogP contribution in [0, 0.1) is 6.92 Å². The van der Waals surface area contributed by atoms with Crippen LogP contribution >= 0.6 is 11.3 Å². The number of aryl methyl sites for hydroxylation is 1. The molecule has 1 aliphatic heterocycles. The van der Waals surface area contributed by atoms with Crippen molar-refractivity contribution in [1.82, 2.24) is 30.2 Å². The Balaban J connectivity index is 1.34. The van der Waals surface area contributed by atoms with E-state index in [1.807, 2.05) is 13.0 Å². The zero-order chi connectivity index (χ0) is 22.5. The van der Waals surface area contributed by atoms with Gasteiger partial charge < -0.3 is 19.7 Å². The van der Waals surface area contributed by atoms with Crippen LogP contribution in [0.15, 0.2) is 18.5 Å². The largest absolute Gasteiger partial charge is 0.480 e. The van der Waals surface area contributed by atoms with Crippen LogP contribution in [0.25, 0.3) is 10.2 Å². The van der Waals surface area contributed by atoms with Gasteiger partial charge in [-0.05, 0) is 18.6 Å². The van der Waals surface area contributed by atoms with Crippen LogP contribution in [0.5, 0.6) is 5.88 Å². The van der Waals surface area contributed by atoms with Crippen molar-refractivity contribution in [2.45, 2.75) is 13.5 Å². The average molecular weight is 458 g/mol. The third kappa shape index (κ3) is 4.79. The Morgan fingerprint density at radius 3 is 2.59 bits per heavy atom. The highest BCUT2D eigenvalue weighted by Gasteiger charge is 2.22. The quantitative estimate of drug-likeness (QED) is 0.539.